The van der Waals surface area contributed by atoms with Gasteiger partial charge in [0.1, 0.15) is 0 Å². The van der Waals surface area contributed by atoms with Gasteiger partial charge in [0.25, 0.3) is 0 Å². The summed E-state index contributed by atoms with van der Waals surface area (Å²) in [4.78, 5) is 2.61. The molecule has 0 saturated heterocycles. The topological polar surface area (TPSA) is 3.24 Å². The number of hydrogen-bond donors (Lipinski definition) is 1. The van der Waals surface area contributed by atoms with E-state index in [1.165, 1.54) is 51.5 Å². The van der Waals surface area contributed by atoms with E-state index in [1.807, 2.05) is 0 Å². The van der Waals surface area contributed by atoms with Crippen molar-refractivity contribution in [3.8, 4) is 0 Å². The van der Waals surface area contributed by atoms with E-state index in [-0.39, 0.29) is 0 Å². The molecule has 2 rings (SSSR count). The first-order valence-corrected chi connectivity index (χ1v) is 6.70. The molecule has 2 aliphatic rings. The van der Waals surface area contributed by atoms with Crippen molar-refractivity contribution in [2.45, 2.75) is 51.0 Å². The molecule has 0 unspecified atom stereocenters. The maximum atomic E-state index is 4.48. The van der Waals surface area contributed by atoms with Crippen LogP contribution in [0.1, 0.15) is 44.9 Å². The van der Waals surface area contributed by atoms with Crippen molar-refractivity contribution < 1.29 is 0 Å². The van der Waals surface area contributed by atoms with Gasteiger partial charge in [-0.3, -0.25) is 0 Å². The SMILES string of the molecule is CN(CC1(CS)CC1)C1CCCCC1. The van der Waals surface area contributed by atoms with Crippen LogP contribution >= 0.6 is 12.6 Å². The molecule has 0 aromatic carbocycles. The molecule has 0 bridgehead atoms. The Hall–Kier alpha value is 0.310. The lowest BCUT2D eigenvalue weighted by atomic mass is 9.93. The maximum absolute atomic E-state index is 4.48. The molecule has 0 aromatic heterocycles. The Morgan fingerprint density at radius 3 is 2.36 bits per heavy atom. The number of nitrogens with zero attached hydrogens (tertiary/aromatic N) is 1. The quantitative estimate of drug-likeness (QED) is 0.703. The number of rotatable bonds is 4. The van der Waals surface area contributed by atoms with Gasteiger partial charge in [-0.05, 0) is 43.9 Å². The first kappa shape index (κ1) is 10.8. The average molecular weight is 213 g/mol. The molecule has 2 saturated carbocycles. The summed E-state index contributed by atoms with van der Waals surface area (Å²) in [6.45, 7) is 1.29. The minimum atomic E-state index is 0.606. The third kappa shape index (κ3) is 2.46. The predicted molar refractivity (Wildman–Crippen MR) is 65.0 cm³/mol. The third-order valence-electron chi connectivity index (χ3n) is 4.08. The van der Waals surface area contributed by atoms with Crippen molar-refractivity contribution in [3.05, 3.63) is 0 Å². The molecule has 1 nitrogen and oxygen atoms in total. The number of hydrogen-bond acceptors (Lipinski definition) is 2. The molecule has 0 N–H and O–H groups in total. The molecule has 0 spiro atoms. The van der Waals surface area contributed by atoms with Crippen LogP contribution in [0.25, 0.3) is 0 Å². The fraction of sp³-hybridized carbons (Fsp3) is 1.00. The third-order valence-corrected chi connectivity index (χ3v) is 4.75. The monoisotopic (exact) mass is 213 g/mol. The van der Waals surface area contributed by atoms with Crippen molar-refractivity contribution in [2.75, 3.05) is 19.3 Å². The zero-order chi connectivity index (χ0) is 10.0. The van der Waals surface area contributed by atoms with Gasteiger partial charge >= 0.3 is 0 Å². The molecule has 2 heteroatoms. The summed E-state index contributed by atoms with van der Waals surface area (Å²) in [5, 5.41) is 0. The minimum Gasteiger partial charge on any atom is -0.303 e. The number of thiol groups is 1. The van der Waals surface area contributed by atoms with Gasteiger partial charge in [-0.1, -0.05) is 19.3 Å². The van der Waals surface area contributed by atoms with E-state index in [1.54, 1.807) is 0 Å². The van der Waals surface area contributed by atoms with Crippen LogP contribution in [0.2, 0.25) is 0 Å². The second-order valence-corrected chi connectivity index (χ2v) is 5.68. The molecule has 0 aliphatic heterocycles. The highest BCUT2D eigenvalue weighted by Gasteiger charge is 2.42. The van der Waals surface area contributed by atoms with Gasteiger partial charge in [-0.25, -0.2) is 0 Å². The molecule has 0 heterocycles. The lowest BCUT2D eigenvalue weighted by molar-refractivity contribution is 0.165. The summed E-state index contributed by atoms with van der Waals surface area (Å²) in [7, 11) is 2.32. The molecule has 82 valence electrons. The van der Waals surface area contributed by atoms with Crippen molar-refractivity contribution in [1.82, 2.24) is 4.90 Å². The summed E-state index contributed by atoms with van der Waals surface area (Å²) in [5.41, 5.74) is 0.606. The van der Waals surface area contributed by atoms with Crippen LogP contribution in [0.5, 0.6) is 0 Å². The Balaban J connectivity index is 1.79. The summed E-state index contributed by atoms with van der Waals surface area (Å²) >= 11 is 4.48. The van der Waals surface area contributed by atoms with E-state index in [4.69, 9.17) is 0 Å². The van der Waals surface area contributed by atoms with Crippen LogP contribution in [-0.2, 0) is 0 Å². The van der Waals surface area contributed by atoms with Crippen LogP contribution < -0.4 is 0 Å². The van der Waals surface area contributed by atoms with Gasteiger partial charge in [0.2, 0.25) is 0 Å². The lowest BCUT2D eigenvalue weighted by Gasteiger charge is -2.33. The van der Waals surface area contributed by atoms with Crippen molar-refractivity contribution >= 4 is 12.6 Å². The zero-order valence-electron chi connectivity index (χ0n) is 9.34. The molecule has 14 heavy (non-hydrogen) atoms. The Bertz CT molecular complexity index is 183. The van der Waals surface area contributed by atoms with Crippen LogP contribution in [0, 0.1) is 5.41 Å². The molecule has 2 fully saturated rings. The zero-order valence-corrected chi connectivity index (χ0v) is 10.2. The fourth-order valence-corrected chi connectivity index (χ4v) is 3.14. The van der Waals surface area contributed by atoms with E-state index in [9.17, 15) is 0 Å². The van der Waals surface area contributed by atoms with Crippen LogP contribution in [0.15, 0.2) is 0 Å². The van der Waals surface area contributed by atoms with Crippen LogP contribution in [-0.4, -0.2) is 30.3 Å². The van der Waals surface area contributed by atoms with Gasteiger partial charge in [-0.2, -0.15) is 12.6 Å². The molecular formula is C12H23NS. The smallest absolute Gasteiger partial charge is 0.00924 e. The molecular weight excluding hydrogens is 190 g/mol. The summed E-state index contributed by atoms with van der Waals surface area (Å²) in [6.07, 6.45) is 10.0. The Kier molecular flexibility index (Phi) is 3.43. The highest BCUT2D eigenvalue weighted by atomic mass is 32.1. The Morgan fingerprint density at radius 1 is 1.21 bits per heavy atom. The summed E-state index contributed by atoms with van der Waals surface area (Å²) in [5.74, 6) is 1.09. The molecule has 0 amide bonds. The van der Waals surface area contributed by atoms with E-state index in [0.717, 1.165) is 11.8 Å². The first-order chi connectivity index (χ1) is 6.76. The highest BCUT2D eigenvalue weighted by Crippen LogP contribution is 2.47. The second kappa shape index (κ2) is 4.44. The lowest BCUT2D eigenvalue weighted by Crippen LogP contribution is -2.38. The minimum absolute atomic E-state index is 0.606. The van der Waals surface area contributed by atoms with E-state index in [2.05, 4.69) is 24.6 Å². The van der Waals surface area contributed by atoms with E-state index < -0.39 is 0 Å². The largest absolute Gasteiger partial charge is 0.303 e. The Labute approximate surface area is 93.7 Å². The predicted octanol–water partition coefficient (Wildman–Crippen LogP) is 2.96. The molecule has 0 aromatic rings. The van der Waals surface area contributed by atoms with Crippen molar-refractivity contribution in [2.24, 2.45) is 5.41 Å². The summed E-state index contributed by atoms with van der Waals surface area (Å²) < 4.78 is 0. The standard InChI is InChI=1S/C12H23NS/c1-13(9-12(10-14)7-8-12)11-5-3-2-4-6-11/h11,14H,2-10H2,1H3. The highest BCUT2D eigenvalue weighted by molar-refractivity contribution is 7.80. The van der Waals surface area contributed by atoms with Crippen molar-refractivity contribution in [3.63, 3.8) is 0 Å². The van der Waals surface area contributed by atoms with Crippen LogP contribution in [0.3, 0.4) is 0 Å². The average Bonchev–Trinajstić information content (AvgIpc) is 3.00. The molecule has 2 aliphatic carbocycles. The normalized spacial score (nSPS) is 26.8. The van der Waals surface area contributed by atoms with Crippen molar-refractivity contribution in [1.29, 1.82) is 0 Å². The van der Waals surface area contributed by atoms with Gasteiger partial charge < -0.3 is 4.90 Å². The van der Waals surface area contributed by atoms with Gasteiger partial charge in [0.15, 0.2) is 0 Å². The van der Waals surface area contributed by atoms with Gasteiger partial charge in [0.05, 0.1) is 0 Å². The van der Waals surface area contributed by atoms with Gasteiger partial charge in [-0.15, -0.1) is 0 Å². The van der Waals surface area contributed by atoms with Gasteiger partial charge in [0, 0.05) is 12.6 Å². The molecule has 0 atom stereocenters. The van der Waals surface area contributed by atoms with E-state index >= 15 is 0 Å². The molecule has 0 radical (unpaired) electrons. The second-order valence-electron chi connectivity index (χ2n) is 5.37. The van der Waals surface area contributed by atoms with Crippen LogP contribution in [0.4, 0.5) is 0 Å². The fourth-order valence-electron chi connectivity index (χ4n) is 2.72. The Morgan fingerprint density at radius 2 is 1.86 bits per heavy atom. The maximum Gasteiger partial charge on any atom is 0.00924 e. The van der Waals surface area contributed by atoms with E-state index in [0.29, 0.717) is 5.41 Å². The summed E-state index contributed by atoms with van der Waals surface area (Å²) in [6, 6.07) is 0.876. The first-order valence-electron chi connectivity index (χ1n) is 6.07.